The van der Waals surface area contributed by atoms with Gasteiger partial charge in [0.15, 0.2) is 5.69 Å². The summed E-state index contributed by atoms with van der Waals surface area (Å²) in [6, 6.07) is 7.44. The number of hydrogen-bond donors (Lipinski definition) is 1. The van der Waals surface area contributed by atoms with Gasteiger partial charge in [0.2, 0.25) is 5.91 Å². The maximum Gasteiger partial charge on any atom is 0.273 e. The molecule has 28 heavy (non-hydrogen) atoms. The summed E-state index contributed by atoms with van der Waals surface area (Å²) < 4.78 is 15.6. The van der Waals surface area contributed by atoms with Gasteiger partial charge in [0.25, 0.3) is 5.91 Å². The molecule has 8 heteroatoms. The minimum Gasteiger partial charge on any atom is -0.348 e. The minimum absolute atomic E-state index is 0.00494. The molecule has 1 fully saturated rings. The number of amides is 2. The van der Waals surface area contributed by atoms with Crippen LogP contribution in [-0.4, -0.2) is 56.5 Å². The van der Waals surface area contributed by atoms with Crippen molar-refractivity contribution in [1.82, 2.24) is 25.2 Å². The maximum absolute atomic E-state index is 14.1. The van der Waals surface area contributed by atoms with Gasteiger partial charge in [-0.2, -0.15) is 0 Å². The zero-order valence-electron chi connectivity index (χ0n) is 16.4. The van der Waals surface area contributed by atoms with Gasteiger partial charge in [0, 0.05) is 12.5 Å². The van der Waals surface area contributed by atoms with Gasteiger partial charge in [0.1, 0.15) is 6.17 Å². The highest BCUT2D eigenvalue weighted by molar-refractivity contribution is 5.92. The third-order valence-corrected chi connectivity index (χ3v) is 4.75. The standard InChI is InChI=1S/C20H26FN5O2/c1-13(2)22-20(28)18-12-25(24-23-18)11-17-9-16(21)10-26(17)19(27)8-15-6-4-14(3)5-7-15/h4-7,12-13,16-17H,8-11H2,1-3H3,(H,22,28)/t16-,17-/m0/s1. The fourth-order valence-electron chi connectivity index (χ4n) is 3.36. The summed E-state index contributed by atoms with van der Waals surface area (Å²) in [6.45, 7) is 6.11. The lowest BCUT2D eigenvalue weighted by Gasteiger charge is -2.24. The molecule has 1 saturated heterocycles. The predicted molar refractivity (Wildman–Crippen MR) is 103 cm³/mol. The van der Waals surface area contributed by atoms with Crippen molar-refractivity contribution in [3.63, 3.8) is 0 Å². The van der Waals surface area contributed by atoms with Crippen LogP contribution >= 0.6 is 0 Å². The number of rotatable bonds is 6. The van der Waals surface area contributed by atoms with E-state index in [4.69, 9.17) is 0 Å². The van der Waals surface area contributed by atoms with Crippen molar-refractivity contribution >= 4 is 11.8 Å². The quantitative estimate of drug-likeness (QED) is 0.821. The number of nitrogens with zero attached hydrogens (tertiary/aromatic N) is 4. The van der Waals surface area contributed by atoms with E-state index in [2.05, 4.69) is 15.6 Å². The topological polar surface area (TPSA) is 80.1 Å². The van der Waals surface area contributed by atoms with Gasteiger partial charge in [-0.3, -0.25) is 9.59 Å². The number of carbonyl (C=O) groups excluding carboxylic acids is 2. The molecule has 0 aliphatic carbocycles. The molecule has 0 bridgehead atoms. The number of alkyl halides is 1. The summed E-state index contributed by atoms with van der Waals surface area (Å²) in [4.78, 5) is 26.3. The number of aryl methyl sites for hydroxylation is 1. The van der Waals surface area contributed by atoms with Crippen LogP contribution in [0.2, 0.25) is 0 Å². The Morgan fingerprint density at radius 2 is 2.00 bits per heavy atom. The van der Waals surface area contributed by atoms with Crippen molar-refractivity contribution in [2.75, 3.05) is 6.54 Å². The van der Waals surface area contributed by atoms with E-state index < -0.39 is 6.17 Å². The zero-order chi connectivity index (χ0) is 20.3. The van der Waals surface area contributed by atoms with Crippen LogP contribution in [0.3, 0.4) is 0 Å². The largest absolute Gasteiger partial charge is 0.348 e. The van der Waals surface area contributed by atoms with Crippen LogP contribution in [0, 0.1) is 6.92 Å². The lowest BCUT2D eigenvalue weighted by molar-refractivity contribution is -0.131. The predicted octanol–water partition coefficient (Wildman–Crippen LogP) is 1.91. The smallest absolute Gasteiger partial charge is 0.273 e. The molecular weight excluding hydrogens is 361 g/mol. The van der Waals surface area contributed by atoms with Gasteiger partial charge in [-0.1, -0.05) is 35.0 Å². The summed E-state index contributed by atoms with van der Waals surface area (Å²) in [5.41, 5.74) is 2.24. The van der Waals surface area contributed by atoms with Crippen LogP contribution in [0.4, 0.5) is 4.39 Å². The Morgan fingerprint density at radius 3 is 2.68 bits per heavy atom. The molecule has 1 N–H and O–H groups in total. The van der Waals surface area contributed by atoms with Crippen LogP contribution in [0.1, 0.15) is 41.9 Å². The molecule has 2 heterocycles. The summed E-state index contributed by atoms with van der Waals surface area (Å²) in [7, 11) is 0. The van der Waals surface area contributed by atoms with Crippen LogP contribution < -0.4 is 5.32 Å². The second-order valence-electron chi connectivity index (χ2n) is 7.65. The number of hydrogen-bond acceptors (Lipinski definition) is 4. The molecule has 1 aromatic carbocycles. The van der Waals surface area contributed by atoms with Crippen molar-refractivity contribution < 1.29 is 14.0 Å². The third-order valence-electron chi connectivity index (χ3n) is 4.75. The molecular formula is C20H26FN5O2. The van der Waals surface area contributed by atoms with E-state index >= 15 is 0 Å². The number of carbonyl (C=O) groups is 2. The normalized spacial score (nSPS) is 19.2. The van der Waals surface area contributed by atoms with Crippen LogP contribution in [0.15, 0.2) is 30.5 Å². The molecule has 0 radical (unpaired) electrons. The fourth-order valence-corrected chi connectivity index (χ4v) is 3.36. The highest BCUT2D eigenvalue weighted by Gasteiger charge is 2.35. The Morgan fingerprint density at radius 1 is 1.29 bits per heavy atom. The van der Waals surface area contributed by atoms with Crippen LogP contribution in [-0.2, 0) is 17.8 Å². The first-order valence-electron chi connectivity index (χ1n) is 9.52. The Balaban J connectivity index is 1.65. The monoisotopic (exact) mass is 387 g/mol. The van der Waals surface area contributed by atoms with Crippen molar-refractivity contribution in [2.45, 2.75) is 58.4 Å². The average Bonchev–Trinajstić information content (AvgIpc) is 3.23. The Hall–Kier alpha value is -2.77. The number of likely N-dealkylation sites (tertiary alicyclic amines) is 1. The van der Waals surface area contributed by atoms with E-state index in [1.807, 2.05) is 45.0 Å². The summed E-state index contributed by atoms with van der Waals surface area (Å²) in [5.74, 6) is -0.407. The molecule has 1 aliphatic rings. The molecule has 2 amide bonds. The van der Waals surface area contributed by atoms with Crippen molar-refractivity contribution in [1.29, 1.82) is 0 Å². The van der Waals surface area contributed by atoms with Gasteiger partial charge < -0.3 is 10.2 Å². The van der Waals surface area contributed by atoms with Crippen molar-refractivity contribution in [2.24, 2.45) is 0 Å². The molecule has 2 atom stereocenters. The van der Waals surface area contributed by atoms with Crippen LogP contribution in [0.25, 0.3) is 0 Å². The fraction of sp³-hybridized carbons (Fsp3) is 0.500. The maximum atomic E-state index is 14.1. The first-order valence-corrected chi connectivity index (χ1v) is 9.52. The van der Waals surface area contributed by atoms with E-state index in [0.717, 1.165) is 11.1 Å². The number of nitrogens with one attached hydrogen (secondary N) is 1. The summed E-state index contributed by atoms with van der Waals surface area (Å²) in [6.07, 6.45) is 0.973. The van der Waals surface area contributed by atoms with E-state index in [9.17, 15) is 14.0 Å². The lowest BCUT2D eigenvalue weighted by atomic mass is 10.1. The van der Waals surface area contributed by atoms with Crippen molar-refractivity contribution in [3.05, 3.63) is 47.3 Å². The summed E-state index contributed by atoms with van der Waals surface area (Å²) >= 11 is 0. The number of benzene rings is 1. The molecule has 0 saturated carbocycles. The summed E-state index contributed by atoms with van der Waals surface area (Å²) in [5, 5.41) is 10.6. The van der Waals surface area contributed by atoms with E-state index in [1.165, 1.54) is 10.9 Å². The zero-order valence-corrected chi connectivity index (χ0v) is 16.4. The molecule has 150 valence electrons. The second kappa shape index (κ2) is 8.50. The highest BCUT2D eigenvalue weighted by atomic mass is 19.1. The molecule has 3 rings (SSSR count). The number of aromatic nitrogens is 3. The first-order chi connectivity index (χ1) is 13.3. The molecule has 0 spiro atoms. The second-order valence-corrected chi connectivity index (χ2v) is 7.65. The molecule has 0 unspecified atom stereocenters. The van der Waals surface area contributed by atoms with Gasteiger partial charge >= 0.3 is 0 Å². The lowest BCUT2D eigenvalue weighted by Crippen LogP contribution is -2.39. The van der Waals surface area contributed by atoms with E-state index in [0.29, 0.717) is 6.54 Å². The van der Waals surface area contributed by atoms with Gasteiger partial charge in [-0.05, 0) is 26.3 Å². The SMILES string of the molecule is Cc1ccc(CC(=O)N2C[C@@H](F)C[C@H]2Cn2cc(C(=O)NC(C)C)nn2)cc1. The van der Waals surface area contributed by atoms with Gasteiger partial charge in [-0.15, -0.1) is 5.10 Å². The Kier molecular flexibility index (Phi) is 6.06. The molecule has 1 aromatic heterocycles. The van der Waals surface area contributed by atoms with Gasteiger partial charge in [0.05, 0.1) is 31.7 Å². The molecule has 2 aromatic rings. The number of halogens is 1. The Bertz CT molecular complexity index is 833. The van der Waals surface area contributed by atoms with Gasteiger partial charge in [-0.25, -0.2) is 9.07 Å². The Labute approximate surface area is 163 Å². The third kappa shape index (κ3) is 4.94. The van der Waals surface area contributed by atoms with Crippen molar-refractivity contribution in [3.8, 4) is 0 Å². The first kappa shape index (κ1) is 20.0. The molecule has 7 nitrogen and oxygen atoms in total. The van der Waals surface area contributed by atoms with E-state index in [-0.39, 0.29) is 49.0 Å². The van der Waals surface area contributed by atoms with E-state index in [1.54, 1.807) is 4.90 Å². The highest BCUT2D eigenvalue weighted by Crippen LogP contribution is 2.23. The van der Waals surface area contributed by atoms with Crippen LogP contribution in [0.5, 0.6) is 0 Å². The minimum atomic E-state index is -1.06. The average molecular weight is 387 g/mol. The molecule has 1 aliphatic heterocycles.